The Morgan fingerprint density at radius 1 is 1.33 bits per heavy atom. The summed E-state index contributed by atoms with van der Waals surface area (Å²) >= 11 is 0. The summed E-state index contributed by atoms with van der Waals surface area (Å²) in [6.07, 6.45) is 8.49. The number of hydrogen-bond acceptors (Lipinski definition) is 3. The number of nitrogens with one attached hydrogen (secondary N) is 1. The van der Waals surface area contributed by atoms with Crippen molar-refractivity contribution in [3.63, 3.8) is 0 Å². The Balaban J connectivity index is 2.32. The quantitative estimate of drug-likeness (QED) is 0.812. The molecule has 0 saturated heterocycles. The van der Waals surface area contributed by atoms with E-state index < -0.39 is 0 Å². The van der Waals surface area contributed by atoms with Crippen LogP contribution in [0.5, 0.6) is 5.75 Å². The lowest BCUT2D eigenvalue weighted by Crippen LogP contribution is -2.28. The second-order valence-electron chi connectivity index (χ2n) is 6.45. The monoisotopic (exact) mass is 293 g/mol. The van der Waals surface area contributed by atoms with Gasteiger partial charge in [-0.15, -0.1) is 0 Å². The van der Waals surface area contributed by atoms with E-state index in [0.717, 1.165) is 18.8 Å². The van der Waals surface area contributed by atoms with Crippen LogP contribution in [0.4, 0.5) is 0 Å². The van der Waals surface area contributed by atoms with Crippen LogP contribution in [0.1, 0.15) is 70.5 Å². The van der Waals surface area contributed by atoms with Crippen LogP contribution in [0.15, 0.2) is 6.20 Å². The van der Waals surface area contributed by atoms with Gasteiger partial charge in [0.25, 0.3) is 0 Å². The summed E-state index contributed by atoms with van der Waals surface area (Å²) in [6, 6.07) is 0.381. The molecule has 0 spiro atoms. The molecular formula is C17H31N3O. The van der Waals surface area contributed by atoms with E-state index in [1.54, 1.807) is 7.11 Å². The van der Waals surface area contributed by atoms with Crippen LogP contribution < -0.4 is 10.1 Å². The highest BCUT2D eigenvalue weighted by Gasteiger charge is 2.31. The first-order valence-corrected chi connectivity index (χ1v) is 8.51. The van der Waals surface area contributed by atoms with Gasteiger partial charge in [0.2, 0.25) is 0 Å². The molecule has 0 amide bonds. The van der Waals surface area contributed by atoms with E-state index >= 15 is 0 Å². The fourth-order valence-electron chi connectivity index (χ4n) is 3.60. The Bertz CT molecular complexity index is 428. The fourth-order valence-corrected chi connectivity index (χ4v) is 3.60. The minimum absolute atomic E-state index is 0.381. The van der Waals surface area contributed by atoms with Gasteiger partial charge in [-0.2, -0.15) is 5.10 Å². The number of aromatic nitrogens is 2. The summed E-state index contributed by atoms with van der Waals surface area (Å²) < 4.78 is 7.79. The molecule has 1 aromatic heterocycles. The Labute approximate surface area is 129 Å². The first kappa shape index (κ1) is 16.3. The molecule has 2 unspecified atom stereocenters. The van der Waals surface area contributed by atoms with Gasteiger partial charge in [-0.05, 0) is 45.7 Å². The second-order valence-corrected chi connectivity index (χ2v) is 6.45. The Kier molecular flexibility index (Phi) is 6.09. The van der Waals surface area contributed by atoms with Crippen molar-refractivity contribution >= 4 is 0 Å². The molecular weight excluding hydrogens is 262 g/mol. The van der Waals surface area contributed by atoms with Crippen molar-refractivity contribution in [3.8, 4) is 5.75 Å². The van der Waals surface area contributed by atoms with Crippen molar-refractivity contribution in [1.82, 2.24) is 15.1 Å². The number of nitrogens with zero attached hydrogens (tertiary/aromatic N) is 2. The number of hydrogen-bond donors (Lipinski definition) is 1. The maximum absolute atomic E-state index is 5.62. The van der Waals surface area contributed by atoms with Gasteiger partial charge in [-0.25, -0.2) is 0 Å². The summed E-state index contributed by atoms with van der Waals surface area (Å²) in [7, 11) is 1.77. The normalized spacial score (nSPS) is 23.3. The van der Waals surface area contributed by atoms with Crippen LogP contribution in [-0.2, 0) is 0 Å². The fraction of sp³-hybridized carbons (Fsp3) is 0.824. The summed E-state index contributed by atoms with van der Waals surface area (Å²) in [5.41, 5.74) is 1.32. The van der Waals surface area contributed by atoms with Crippen molar-refractivity contribution in [2.24, 2.45) is 5.92 Å². The lowest BCUT2D eigenvalue weighted by molar-refractivity contribution is 0.333. The van der Waals surface area contributed by atoms with E-state index in [-0.39, 0.29) is 0 Å². The summed E-state index contributed by atoms with van der Waals surface area (Å²) in [6.45, 7) is 8.74. The molecule has 1 aliphatic rings. The highest BCUT2D eigenvalue weighted by Crippen LogP contribution is 2.41. The topological polar surface area (TPSA) is 39.1 Å². The maximum Gasteiger partial charge on any atom is 0.160 e. The first-order valence-electron chi connectivity index (χ1n) is 8.51. The maximum atomic E-state index is 5.62. The standard InChI is InChI=1S/C17H31N3O/c1-5-18-11-14-9-7-6-8-10-15(14)17-16(21-4)12-19-20(17)13(2)3/h12-15,18H,5-11H2,1-4H3. The molecule has 4 heteroatoms. The van der Waals surface area contributed by atoms with E-state index in [0.29, 0.717) is 17.9 Å². The first-order chi connectivity index (χ1) is 10.2. The van der Waals surface area contributed by atoms with Gasteiger partial charge in [0.15, 0.2) is 5.75 Å². The van der Waals surface area contributed by atoms with E-state index in [9.17, 15) is 0 Å². The molecule has 0 bridgehead atoms. The summed E-state index contributed by atoms with van der Waals surface area (Å²) in [5.74, 6) is 2.22. The Morgan fingerprint density at radius 3 is 2.76 bits per heavy atom. The van der Waals surface area contributed by atoms with Gasteiger partial charge >= 0.3 is 0 Å². The molecule has 1 aliphatic carbocycles. The third-order valence-corrected chi connectivity index (χ3v) is 4.67. The zero-order valence-corrected chi connectivity index (χ0v) is 14.1. The predicted molar refractivity (Wildman–Crippen MR) is 87.0 cm³/mol. The van der Waals surface area contributed by atoms with E-state index in [4.69, 9.17) is 4.74 Å². The Morgan fingerprint density at radius 2 is 2.10 bits per heavy atom. The van der Waals surface area contributed by atoms with E-state index in [2.05, 4.69) is 35.9 Å². The van der Waals surface area contributed by atoms with Crippen LogP contribution >= 0.6 is 0 Å². The Hall–Kier alpha value is -1.03. The van der Waals surface area contributed by atoms with Gasteiger partial charge in [0.05, 0.1) is 19.0 Å². The molecule has 0 aliphatic heterocycles. The van der Waals surface area contributed by atoms with Crippen LogP contribution in [0.3, 0.4) is 0 Å². The van der Waals surface area contributed by atoms with Crippen molar-refractivity contribution in [3.05, 3.63) is 11.9 Å². The molecule has 1 saturated carbocycles. The van der Waals surface area contributed by atoms with E-state index in [1.807, 2.05) is 6.20 Å². The summed E-state index contributed by atoms with van der Waals surface area (Å²) in [4.78, 5) is 0. The van der Waals surface area contributed by atoms with Gasteiger partial charge in [0, 0.05) is 12.0 Å². The van der Waals surface area contributed by atoms with Crippen LogP contribution in [-0.4, -0.2) is 30.0 Å². The molecule has 21 heavy (non-hydrogen) atoms. The van der Waals surface area contributed by atoms with Crippen LogP contribution in [0, 0.1) is 5.92 Å². The average Bonchev–Trinajstić information content (AvgIpc) is 2.77. The van der Waals surface area contributed by atoms with Gasteiger partial charge in [-0.3, -0.25) is 4.68 Å². The van der Waals surface area contributed by atoms with Crippen molar-refractivity contribution < 1.29 is 4.74 Å². The molecule has 1 aromatic rings. The van der Waals surface area contributed by atoms with E-state index in [1.165, 1.54) is 37.8 Å². The number of methoxy groups -OCH3 is 1. The summed E-state index contributed by atoms with van der Waals surface area (Å²) in [5, 5.41) is 8.13. The highest BCUT2D eigenvalue weighted by atomic mass is 16.5. The molecule has 4 nitrogen and oxygen atoms in total. The third kappa shape index (κ3) is 3.79. The lowest BCUT2D eigenvalue weighted by Gasteiger charge is -2.28. The molecule has 2 atom stereocenters. The lowest BCUT2D eigenvalue weighted by atomic mass is 9.84. The van der Waals surface area contributed by atoms with Crippen LogP contribution in [0.2, 0.25) is 0 Å². The van der Waals surface area contributed by atoms with Crippen LogP contribution in [0.25, 0.3) is 0 Å². The highest BCUT2D eigenvalue weighted by molar-refractivity contribution is 5.30. The zero-order valence-electron chi connectivity index (χ0n) is 14.1. The minimum Gasteiger partial charge on any atom is -0.493 e. The predicted octanol–water partition coefficient (Wildman–Crippen LogP) is 3.75. The average molecular weight is 293 g/mol. The number of ether oxygens (including phenoxy) is 1. The van der Waals surface area contributed by atoms with Gasteiger partial charge < -0.3 is 10.1 Å². The van der Waals surface area contributed by atoms with Gasteiger partial charge in [-0.1, -0.05) is 26.2 Å². The molecule has 0 aromatic carbocycles. The molecule has 1 fully saturated rings. The van der Waals surface area contributed by atoms with Crippen molar-refractivity contribution in [1.29, 1.82) is 0 Å². The SMILES string of the molecule is CCNCC1CCCCCC1c1c(OC)cnn1C(C)C. The minimum atomic E-state index is 0.381. The number of rotatable bonds is 6. The molecule has 0 radical (unpaired) electrons. The van der Waals surface area contributed by atoms with Crippen molar-refractivity contribution in [2.75, 3.05) is 20.2 Å². The third-order valence-electron chi connectivity index (χ3n) is 4.67. The molecule has 2 rings (SSSR count). The zero-order chi connectivity index (χ0) is 15.2. The van der Waals surface area contributed by atoms with Gasteiger partial charge in [0.1, 0.15) is 0 Å². The molecule has 1 N–H and O–H groups in total. The molecule has 1 heterocycles. The van der Waals surface area contributed by atoms with Crippen molar-refractivity contribution in [2.45, 2.75) is 64.8 Å². The molecule has 120 valence electrons. The smallest absolute Gasteiger partial charge is 0.160 e. The second kappa shape index (κ2) is 7.83. The largest absolute Gasteiger partial charge is 0.493 e.